The lowest BCUT2D eigenvalue weighted by atomic mass is 9.80. The van der Waals surface area contributed by atoms with E-state index in [0.717, 1.165) is 38.5 Å². The van der Waals surface area contributed by atoms with Gasteiger partial charge in [-0.15, -0.1) is 12.3 Å². The summed E-state index contributed by atoms with van der Waals surface area (Å²) < 4.78 is 0. The molecule has 0 aromatic rings. The van der Waals surface area contributed by atoms with Crippen LogP contribution in [0.3, 0.4) is 0 Å². The van der Waals surface area contributed by atoms with Crippen LogP contribution in [0.25, 0.3) is 0 Å². The first kappa shape index (κ1) is 12.0. The van der Waals surface area contributed by atoms with Gasteiger partial charge in [-0.3, -0.25) is 10.1 Å². The lowest BCUT2D eigenvalue weighted by molar-refractivity contribution is -0.128. The van der Waals surface area contributed by atoms with Crippen molar-refractivity contribution in [3.05, 3.63) is 0 Å². The van der Waals surface area contributed by atoms with E-state index in [9.17, 15) is 9.59 Å². The molecule has 0 bridgehead atoms. The molecular weight excluding hydrogens is 216 g/mol. The minimum absolute atomic E-state index is 0.108. The Hall–Kier alpha value is -1.50. The average Bonchev–Trinajstić information content (AvgIpc) is 2.55. The third-order valence-electron chi connectivity index (χ3n) is 3.79. The van der Waals surface area contributed by atoms with E-state index >= 15 is 0 Å². The van der Waals surface area contributed by atoms with Crippen molar-refractivity contribution in [2.24, 2.45) is 0 Å². The van der Waals surface area contributed by atoms with Gasteiger partial charge in [0.05, 0.1) is 0 Å². The molecule has 1 saturated heterocycles. The molecule has 2 fully saturated rings. The van der Waals surface area contributed by atoms with Gasteiger partial charge in [0.1, 0.15) is 5.54 Å². The quantitative estimate of drug-likeness (QED) is 0.458. The third kappa shape index (κ3) is 2.02. The summed E-state index contributed by atoms with van der Waals surface area (Å²) in [5.41, 5.74) is -0.566. The van der Waals surface area contributed by atoms with Gasteiger partial charge >= 0.3 is 6.03 Å². The van der Waals surface area contributed by atoms with Gasteiger partial charge in [-0.25, -0.2) is 4.79 Å². The van der Waals surface area contributed by atoms with E-state index in [4.69, 9.17) is 6.42 Å². The summed E-state index contributed by atoms with van der Waals surface area (Å²) in [6, 6.07) is -0.242. The molecule has 1 spiro atoms. The van der Waals surface area contributed by atoms with E-state index in [-0.39, 0.29) is 11.9 Å². The molecule has 1 aliphatic carbocycles. The summed E-state index contributed by atoms with van der Waals surface area (Å²) in [5.74, 6) is 2.46. The Bertz CT molecular complexity index is 364. The Morgan fingerprint density at radius 3 is 2.65 bits per heavy atom. The molecule has 0 radical (unpaired) electrons. The van der Waals surface area contributed by atoms with Gasteiger partial charge in [0, 0.05) is 13.0 Å². The van der Waals surface area contributed by atoms with Crippen LogP contribution in [-0.2, 0) is 4.79 Å². The number of carbonyl (C=O) groups excluding carboxylic acids is 2. The summed E-state index contributed by atoms with van der Waals surface area (Å²) in [4.78, 5) is 25.5. The SMILES string of the molecule is C#CCCCN1C(=O)NC(=O)C12CCCCC2. The molecule has 0 unspecified atom stereocenters. The van der Waals surface area contributed by atoms with Gasteiger partial charge in [0.2, 0.25) is 0 Å². The van der Waals surface area contributed by atoms with Gasteiger partial charge in [0.25, 0.3) is 5.91 Å². The molecule has 92 valence electrons. The molecule has 0 atom stereocenters. The molecule has 1 saturated carbocycles. The minimum Gasteiger partial charge on any atom is -0.310 e. The predicted octanol–water partition coefficient (Wildman–Crippen LogP) is 1.65. The number of nitrogens with zero attached hydrogens (tertiary/aromatic N) is 1. The van der Waals surface area contributed by atoms with Gasteiger partial charge in [-0.05, 0) is 19.3 Å². The number of terminal acetylenes is 1. The number of hydrogen-bond donors (Lipinski definition) is 1. The average molecular weight is 234 g/mol. The normalized spacial score (nSPS) is 22.6. The highest BCUT2D eigenvalue weighted by molar-refractivity contribution is 6.07. The lowest BCUT2D eigenvalue weighted by Gasteiger charge is -2.38. The summed E-state index contributed by atoms with van der Waals surface area (Å²) in [7, 11) is 0. The second kappa shape index (κ2) is 4.79. The van der Waals surface area contributed by atoms with Crippen LogP contribution in [0.15, 0.2) is 0 Å². The smallest absolute Gasteiger partial charge is 0.310 e. The van der Waals surface area contributed by atoms with E-state index in [1.165, 1.54) is 0 Å². The number of urea groups is 1. The molecule has 0 aromatic heterocycles. The largest absolute Gasteiger partial charge is 0.325 e. The first-order valence-corrected chi connectivity index (χ1v) is 6.27. The van der Waals surface area contributed by atoms with E-state index in [1.807, 2.05) is 0 Å². The third-order valence-corrected chi connectivity index (χ3v) is 3.79. The Labute approximate surface area is 102 Å². The highest BCUT2D eigenvalue weighted by Gasteiger charge is 2.52. The lowest BCUT2D eigenvalue weighted by Crippen LogP contribution is -2.51. The maximum atomic E-state index is 12.0. The van der Waals surface area contributed by atoms with Gasteiger partial charge in [0.15, 0.2) is 0 Å². The number of hydrogen-bond acceptors (Lipinski definition) is 2. The summed E-state index contributed by atoms with van der Waals surface area (Å²) in [6.07, 6.45) is 11.4. The van der Waals surface area contributed by atoms with Gasteiger partial charge in [-0.1, -0.05) is 19.3 Å². The predicted molar refractivity (Wildman–Crippen MR) is 64.1 cm³/mol. The summed E-state index contributed by atoms with van der Waals surface area (Å²) in [5, 5.41) is 2.45. The molecule has 4 nitrogen and oxygen atoms in total. The molecule has 0 aromatic carbocycles. The summed E-state index contributed by atoms with van der Waals surface area (Å²) in [6.45, 7) is 0.585. The number of imide groups is 1. The molecule has 1 N–H and O–H groups in total. The second-order valence-electron chi connectivity index (χ2n) is 4.81. The number of amides is 3. The van der Waals surface area contributed by atoms with Crippen LogP contribution in [0, 0.1) is 12.3 Å². The van der Waals surface area contributed by atoms with Gasteiger partial charge in [-0.2, -0.15) is 0 Å². The highest BCUT2D eigenvalue weighted by Crippen LogP contribution is 2.37. The maximum absolute atomic E-state index is 12.0. The van der Waals surface area contributed by atoms with Crippen LogP contribution in [0.2, 0.25) is 0 Å². The molecule has 3 amide bonds. The zero-order valence-electron chi connectivity index (χ0n) is 10.00. The van der Waals surface area contributed by atoms with Crippen molar-refractivity contribution in [3.63, 3.8) is 0 Å². The first-order valence-electron chi connectivity index (χ1n) is 6.27. The maximum Gasteiger partial charge on any atom is 0.325 e. The minimum atomic E-state index is -0.566. The highest BCUT2D eigenvalue weighted by atomic mass is 16.2. The van der Waals surface area contributed by atoms with Crippen LogP contribution in [0.5, 0.6) is 0 Å². The fourth-order valence-electron chi connectivity index (χ4n) is 2.89. The van der Waals surface area contributed by atoms with Crippen LogP contribution in [-0.4, -0.2) is 28.9 Å². The standard InChI is InChI=1S/C13H18N2O2/c1-2-3-7-10-15-12(17)14-11(16)13(15)8-5-4-6-9-13/h1H,3-10H2,(H,14,16,17). The van der Waals surface area contributed by atoms with Crippen LogP contribution >= 0.6 is 0 Å². The molecule has 4 heteroatoms. The molecule has 2 rings (SSSR count). The van der Waals surface area contributed by atoms with Crippen molar-refractivity contribution >= 4 is 11.9 Å². The van der Waals surface area contributed by atoms with Crippen molar-refractivity contribution in [1.29, 1.82) is 0 Å². The zero-order valence-corrected chi connectivity index (χ0v) is 10.00. The number of rotatable bonds is 3. The summed E-state index contributed by atoms with van der Waals surface area (Å²) >= 11 is 0. The van der Waals surface area contributed by atoms with Crippen molar-refractivity contribution in [2.75, 3.05) is 6.54 Å². The van der Waals surface area contributed by atoms with Crippen molar-refractivity contribution in [2.45, 2.75) is 50.5 Å². The zero-order chi connectivity index (χ0) is 12.3. The van der Waals surface area contributed by atoms with Crippen LogP contribution < -0.4 is 5.32 Å². The Morgan fingerprint density at radius 1 is 1.29 bits per heavy atom. The molecule has 1 aliphatic heterocycles. The second-order valence-corrected chi connectivity index (χ2v) is 4.81. The van der Waals surface area contributed by atoms with E-state index in [1.54, 1.807) is 4.90 Å². The van der Waals surface area contributed by atoms with Crippen molar-refractivity contribution in [3.8, 4) is 12.3 Å². The van der Waals surface area contributed by atoms with Crippen LogP contribution in [0.1, 0.15) is 44.9 Å². The van der Waals surface area contributed by atoms with E-state index < -0.39 is 5.54 Å². The fourth-order valence-corrected chi connectivity index (χ4v) is 2.89. The molecule has 2 aliphatic rings. The monoisotopic (exact) mass is 234 g/mol. The Kier molecular flexibility index (Phi) is 3.37. The van der Waals surface area contributed by atoms with Crippen molar-refractivity contribution < 1.29 is 9.59 Å². The molecule has 17 heavy (non-hydrogen) atoms. The van der Waals surface area contributed by atoms with E-state index in [0.29, 0.717) is 13.0 Å². The van der Waals surface area contributed by atoms with Crippen LogP contribution in [0.4, 0.5) is 4.79 Å². The van der Waals surface area contributed by atoms with Gasteiger partial charge < -0.3 is 4.90 Å². The Morgan fingerprint density at radius 2 is 2.00 bits per heavy atom. The van der Waals surface area contributed by atoms with E-state index in [2.05, 4.69) is 11.2 Å². The fraction of sp³-hybridized carbons (Fsp3) is 0.692. The molecular formula is C13H18N2O2. The topological polar surface area (TPSA) is 49.4 Å². The Balaban J connectivity index is 2.12. The van der Waals surface area contributed by atoms with Crippen molar-refractivity contribution in [1.82, 2.24) is 10.2 Å². The molecule has 1 heterocycles. The number of nitrogens with one attached hydrogen (secondary N) is 1. The number of carbonyl (C=O) groups is 2. The first-order chi connectivity index (χ1) is 8.20. The number of unbranched alkanes of at least 4 members (excludes halogenated alkanes) is 1.